The molecule has 0 unspecified atom stereocenters. The summed E-state index contributed by atoms with van der Waals surface area (Å²) in [6.45, 7) is 2.56. The van der Waals surface area contributed by atoms with E-state index in [2.05, 4.69) is 10.3 Å². The Kier molecular flexibility index (Phi) is 3.45. The summed E-state index contributed by atoms with van der Waals surface area (Å²) in [5.74, 6) is -1.36. The van der Waals surface area contributed by atoms with Crippen LogP contribution in [0.3, 0.4) is 0 Å². The first kappa shape index (κ1) is 12.3. The number of carboxylic acids is 1. The molecule has 1 fully saturated rings. The van der Waals surface area contributed by atoms with Crippen molar-refractivity contribution in [3.05, 3.63) is 24.5 Å². The highest BCUT2D eigenvalue weighted by molar-refractivity contribution is 5.89. The van der Waals surface area contributed by atoms with Gasteiger partial charge in [0.25, 0.3) is 0 Å². The predicted octanol–water partition coefficient (Wildman–Crippen LogP) is 1.27. The molecule has 1 aromatic heterocycles. The van der Waals surface area contributed by atoms with Crippen molar-refractivity contribution in [2.75, 3.05) is 18.4 Å². The molecule has 1 aliphatic heterocycles. The lowest BCUT2D eigenvalue weighted by molar-refractivity contribution is -0.142. The van der Waals surface area contributed by atoms with Crippen LogP contribution < -0.4 is 5.32 Å². The molecule has 2 atom stereocenters. The van der Waals surface area contributed by atoms with Gasteiger partial charge in [-0.25, -0.2) is 4.79 Å². The molecule has 0 radical (unpaired) electrons. The van der Waals surface area contributed by atoms with Crippen LogP contribution in [0, 0.1) is 11.8 Å². The first-order chi connectivity index (χ1) is 8.58. The van der Waals surface area contributed by atoms with E-state index in [1.807, 2.05) is 6.92 Å². The molecule has 2 amide bonds. The lowest BCUT2D eigenvalue weighted by atomic mass is 9.99. The van der Waals surface area contributed by atoms with Gasteiger partial charge in [0.05, 0.1) is 17.8 Å². The quantitative estimate of drug-likeness (QED) is 0.826. The molecular formula is C12H15N3O3. The number of anilines is 1. The number of hydrogen-bond acceptors (Lipinski definition) is 3. The van der Waals surface area contributed by atoms with Gasteiger partial charge in [-0.05, 0) is 18.1 Å². The number of carboxylic acid groups (broad SMARTS) is 1. The summed E-state index contributed by atoms with van der Waals surface area (Å²) >= 11 is 0. The van der Waals surface area contributed by atoms with E-state index in [1.165, 1.54) is 4.90 Å². The minimum atomic E-state index is -0.848. The number of aromatic nitrogens is 1. The molecule has 0 saturated carbocycles. The van der Waals surface area contributed by atoms with Crippen LogP contribution in [-0.4, -0.2) is 40.1 Å². The van der Waals surface area contributed by atoms with E-state index < -0.39 is 11.9 Å². The second-order valence-electron chi connectivity index (χ2n) is 4.50. The lowest BCUT2D eigenvalue weighted by Crippen LogP contribution is -2.33. The first-order valence-electron chi connectivity index (χ1n) is 5.76. The third-order valence-electron chi connectivity index (χ3n) is 3.13. The number of carbonyl (C=O) groups is 2. The molecular weight excluding hydrogens is 234 g/mol. The van der Waals surface area contributed by atoms with Crippen molar-refractivity contribution in [2.45, 2.75) is 6.92 Å². The number of hydrogen-bond donors (Lipinski definition) is 2. The van der Waals surface area contributed by atoms with Gasteiger partial charge in [-0.1, -0.05) is 6.92 Å². The van der Waals surface area contributed by atoms with Crippen molar-refractivity contribution < 1.29 is 14.7 Å². The lowest BCUT2D eigenvalue weighted by Gasteiger charge is -2.16. The van der Waals surface area contributed by atoms with Gasteiger partial charge in [-0.15, -0.1) is 0 Å². The number of rotatable bonds is 2. The van der Waals surface area contributed by atoms with Crippen molar-refractivity contribution in [2.24, 2.45) is 11.8 Å². The van der Waals surface area contributed by atoms with Gasteiger partial charge >= 0.3 is 12.0 Å². The molecule has 2 heterocycles. The van der Waals surface area contributed by atoms with Crippen molar-refractivity contribution in [3.8, 4) is 0 Å². The van der Waals surface area contributed by atoms with Gasteiger partial charge in [0.15, 0.2) is 0 Å². The summed E-state index contributed by atoms with van der Waals surface area (Å²) in [6.07, 6.45) is 3.17. The van der Waals surface area contributed by atoms with Crippen molar-refractivity contribution in [1.82, 2.24) is 9.88 Å². The number of carbonyl (C=O) groups excluding carboxylic acids is 1. The number of nitrogens with one attached hydrogen (secondary N) is 1. The normalized spacial score (nSPS) is 22.8. The third kappa shape index (κ3) is 2.58. The summed E-state index contributed by atoms with van der Waals surface area (Å²) in [7, 11) is 0. The molecule has 0 bridgehead atoms. The Labute approximate surface area is 105 Å². The van der Waals surface area contributed by atoms with Crippen molar-refractivity contribution in [3.63, 3.8) is 0 Å². The van der Waals surface area contributed by atoms with E-state index in [1.54, 1.807) is 24.5 Å². The minimum absolute atomic E-state index is 0.0258. The molecule has 0 spiro atoms. The fourth-order valence-corrected chi connectivity index (χ4v) is 2.09. The zero-order valence-electron chi connectivity index (χ0n) is 10.0. The molecule has 1 saturated heterocycles. The van der Waals surface area contributed by atoms with Gasteiger partial charge in [-0.2, -0.15) is 0 Å². The molecule has 0 aliphatic carbocycles. The van der Waals surface area contributed by atoms with Crippen molar-refractivity contribution in [1.29, 1.82) is 0 Å². The third-order valence-corrected chi connectivity index (χ3v) is 3.13. The maximum atomic E-state index is 11.9. The average Bonchev–Trinajstić information content (AvgIpc) is 2.73. The largest absolute Gasteiger partial charge is 0.481 e. The van der Waals surface area contributed by atoms with Gasteiger partial charge in [0, 0.05) is 19.3 Å². The molecule has 2 N–H and O–H groups in total. The van der Waals surface area contributed by atoms with Crippen LogP contribution in [0.4, 0.5) is 10.5 Å². The fraction of sp³-hybridized carbons (Fsp3) is 0.417. The van der Waals surface area contributed by atoms with E-state index in [-0.39, 0.29) is 18.5 Å². The molecule has 6 nitrogen and oxygen atoms in total. The summed E-state index contributed by atoms with van der Waals surface area (Å²) in [4.78, 5) is 28.3. The summed E-state index contributed by atoms with van der Waals surface area (Å²) in [5, 5.41) is 11.7. The average molecular weight is 249 g/mol. The highest BCUT2D eigenvalue weighted by atomic mass is 16.4. The number of nitrogens with zero attached hydrogens (tertiary/aromatic N) is 2. The van der Waals surface area contributed by atoms with Crippen LogP contribution in [0.1, 0.15) is 6.92 Å². The van der Waals surface area contributed by atoms with Crippen LogP contribution in [0.2, 0.25) is 0 Å². The van der Waals surface area contributed by atoms with Gasteiger partial charge in [-0.3, -0.25) is 9.78 Å². The summed E-state index contributed by atoms with van der Waals surface area (Å²) < 4.78 is 0. The zero-order chi connectivity index (χ0) is 13.1. The maximum absolute atomic E-state index is 11.9. The van der Waals surface area contributed by atoms with E-state index in [0.29, 0.717) is 12.2 Å². The molecule has 0 aromatic carbocycles. The van der Waals surface area contributed by atoms with E-state index >= 15 is 0 Å². The Hall–Kier alpha value is -2.11. The standard InChI is InChI=1S/C12H15N3O3/c1-8-6-15(7-10(8)11(16)17)12(18)14-9-3-2-4-13-5-9/h2-5,8,10H,6-7H2,1H3,(H,14,18)(H,16,17)/t8-,10-/m1/s1. The molecule has 96 valence electrons. The first-order valence-corrected chi connectivity index (χ1v) is 5.76. The van der Waals surface area contributed by atoms with Crippen molar-refractivity contribution >= 4 is 17.7 Å². The monoisotopic (exact) mass is 249 g/mol. The summed E-state index contributed by atoms with van der Waals surface area (Å²) in [6, 6.07) is 3.18. The van der Waals surface area contributed by atoms with E-state index in [4.69, 9.17) is 5.11 Å². The Morgan fingerprint density at radius 3 is 2.83 bits per heavy atom. The van der Waals surface area contributed by atoms with Gasteiger partial charge < -0.3 is 15.3 Å². The second-order valence-corrected chi connectivity index (χ2v) is 4.50. The number of amides is 2. The molecule has 18 heavy (non-hydrogen) atoms. The number of urea groups is 1. The minimum Gasteiger partial charge on any atom is -0.481 e. The Bertz CT molecular complexity index is 449. The number of likely N-dealkylation sites (tertiary alicyclic amines) is 1. The number of aliphatic carboxylic acids is 1. The maximum Gasteiger partial charge on any atom is 0.321 e. The number of pyridine rings is 1. The Balaban J connectivity index is 1.97. The highest BCUT2D eigenvalue weighted by Crippen LogP contribution is 2.23. The molecule has 1 aromatic rings. The zero-order valence-corrected chi connectivity index (χ0v) is 10.0. The predicted molar refractivity (Wildman–Crippen MR) is 65.1 cm³/mol. The Morgan fingerprint density at radius 2 is 2.28 bits per heavy atom. The van der Waals surface area contributed by atoms with E-state index in [9.17, 15) is 9.59 Å². The van der Waals surface area contributed by atoms with Crippen LogP contribution in [-0.2, 0) is 4.79 Å². The second kappa shape index (κ2) is 5.03. The van der Waals surface area contributed by atoms with Crippen LogP contribution in [0.15, 0.2) is 24.5 Å². The fourth-order valence-electron chi connectivity index (χ4n) is 2.09. The molecule has 2 rings (SSSR count). The highest BCUT2D eigenvalue weighted by Gasteiger charge is 2.36. The van der Waals surface area contributed by atoms with Crippen LogP contribution in [0.5, 0.6) is 0 Å². The summed E-state index contributed by atoms with van der Waals surface area (Å²) in [5.41, 5.74) is 0.605. The van der Waals surface area contributed by atoms with E-state index in [0.717, 1.165) is 0 Å². The van der Waals surface area contributed by atoms with Gasteiger partial charge in [0.2, 0.25) is 0 Å². The topological polar surface area (TPSA) is 82.5 Å². The SMILES string of the molecule is C[C@@H]1CN(C(=O)Nc2cccnc2)C[C@H]1C(=O)O. The Morgan fingerprint density at radius 1 is 1.50 bits per heavy atom. The van der Waals surface area contributed by atoms with Gasteiger partial charge in [0.1, 0.15) is 0 Å². The molecule has 1 aliphatic rings. The van der Waals surface area contributed by atoms with Crippen LogP contribution >= 0.6 is 0 Å². The smallest absolute Gasteiger partial charge is 0.321 e. The van der Waals surface area contributed by atoms with Crippen LogP contribution in [0.25, 0.3) is 0 Å². The molecule has 6 heteroatoms.